The van der Waals surface area contributed by atoms with Gasteiger partial charge in [0.1, 0.15) is 0 Å². The maximum absolute atomic E-state index is 13.2. The number of nitrogens with one attached hydrogen (secondary N) is 1. The lowest BCUT2D eigenvalue weighted by Gasteiger charge is -2.32. The number of sulfone groups is 1. The molecular formula is C21H30F2N2O3S. The Balaban J connectivity index is 1.42. The van der Waals surface area contributed by atoms with Gasteiger partial charge in [0.25, 0.3) is 5.92 Å². The highest BCUT2D eigenvalue weighted by molar-refractivity contribution is 7.91. The van der Waals surface area contributed by atoms with Crippen LogP contribution in [0.1, 0.15) is 44.1 Å². The highest BCUT2D eigenvalue weighted by Crippen LogP contribution is 2.29. The molecule has 1 amide bonds. The van der Waals surface area contributed by atoms with Crippen molar-refractivity contribution in [3.05, 3.63) is 29.8 Å². The van der Waals surface area contributed by atoms with Crippen molar-refractivity contribution < 1.29 is 22.0 Å². The summed E-state index contributed by atoms with van der Waals surface area (Å²) in [4.78, 5) is 14.4. The van der Waals surface area contributed by atoms with Crippen LogP contribution < -0.4 is 5.32 Å². The number of benzene rings is 1. The van der Waals surface area contributed by atoms with Crippen LogP contribution in [0.4, 0.5) is 8.78 Å². The molecule has 29 heavy (non-hydrogen) atoms. The topological polar surface area (TPSA) is 66.5 Å². The number of hydrogen-bond donors (Lipinski definition) is 1. The molecule has 1 N–H and O–H groups in total. The van der Waals surface area contributed by atoms with E-state index in [0.29, 0.717) is 4.90 Å². The average Bonchev–Trinajstić information content (AvgIpc) is 2.65. The summed E-state index contributed by atoms with van der Waals surface area (Å²) >= 11 is 0. The third-order valence-electron chi connectivity index (χ3n) is 5.97. The summed E-state index contributed by atoms with van der Waals surface area (Å²) in [5.41, 5.74) is 0.926. The van der Waals surface area contributed by atoms with E-state index in [9.17, 15) is 22.0 Å². The second-order valence-electron chi connectivity index (χ2n) is 8.52. The van der Waals surface area contributed by atoms with Crippen molar-refractivity contribution in [3.8, 4) is 0 Å². The minimum Gasteiger partial charge on any atom is -0.352 e. The molecule has 1 saturated heterocycles. The molecule has 0 atom stereocenters. The summed E-state index contributed by atoms with van der Waals surface area (Å²) in [7, 11) is -3.31. The van der Waals surface area contributed by atoms with Crippen molar-refractivity contribution in [1.29, 1.82) is 0 Å². The Morgan fingerprint density at radius 3 is 2.45 bits per heavy atom. The summed E-state index contributed by atoms with van der Waals surface area (Å²) in [6.07, 6.45) is 2.62. The monoisotopic (exact) mass is 428 g/mol. The van der Waals surface area contributed by atoms with Crippen molar-refractivity contribution in [2.24, 2.45) is 5.92 Å². The van der Waals surface area contributed by atoms with Crippen LogP contribution >= 0.6 is 0 Å². The molecule has 1 saturated carbocycles. The van der Waals surface area contributed by atoms with Crippen LogP contribution in [0, 0.1) is 12.8 Å². The Hall–Kier alpha value is -1.54. The van der Waals surface area contributed by atoms with Crippen LogP contribution in [0.5, 0.6) is 0 Å². The summed E-state index contributed by atoms with van der Waals surface area (Å²) in [5.74, 6) is -2.51. The van der Waals surface area contributed by atoms with Gasteiger partial charge in [-0.3, -0.25) is 9.69 Å². The van der Waals surface area contributed by atoms with Crippen molar-refractivity contribution in [1.82, 2.24) is 10.2 Å². The zero-order chi connectivity index (χ0) is 21.1. The zero-order valence-electron chi connectivity index (χ0n) is 16.9. The van der Waals surface area contributed by atoms with E-state index in [1.54, 1.807) is 23.1 Å². The van der Waals surface area contributed by atoms with Gasteiger partial charge in [-0.05, 0) is 56.2 Å². The average molecular weight is 429 g/mol. The summed E-state index contributed by atoms with van der Waals surface area (Å²) < 4.78 is 51.7. The molecule has 1 aliphatic carbocycles. The fraction of sp³-hybridized carbons (Fsp3) is 0.667. The third kappa shape index (κ3) is 6.47. The van der Waals surface area contributed by atoms with Gasteiger partial charge in [-0.2, -0.15) is 0 Å². The predicted octanol–water partition coefficient (Wildman–Crippen LogP) is 3.17. The van der Waals surface area contributed by atoms with E-state index < -0.39 is 15.8 Å². The molecule has 1 heterocycles. The van der Waals surface area contributed by atoms with Crippen molar-refractivity contribution >= 4 is 15.7 Å². The quantitative estimate of drug-likeness (QED) is 0.756. The molecule has 1 aliphatic heterocycles. The van der Waals surface area contributed by atoms with E-state index in [1.807, 2.05) is 13.0 Å². The minimum absolute atomic E-state index is 0.0339. The lowest BCUT2D eigenvalue weighted by molar-refractivity contribution is -0.125. The van der Waals surface area contributed by atoms with Crippen LogP contribution in [0.2, 0.25) is 0 Å². The molecule has 0 bridgehead atoms. The first-order valence-corrected chi connectivity index (χ1v) is 12.0. The van der Waals surface area contributed by atoms with E-state index >= 15 is 0 Å². The van der Waals surface area contributed by atoms with Gasteiger partial charge in [0, 0.05) is 32.0 Å². The number of aryl methyl sites for hydroxylation is 1. The molecule has 0 spiro atoms. The number of likely N-dealkylation sites (tertiary alicyclic amines) is 1. The number of rotatable bonds is 6. The zero-order valence-corrected chi connectivity index (χ0v) is 17.7. The molecule has 162 valence electrons. The molecular weight excluding hydrogens is 398 g/mol. The molecule has 1 aromatic carbocycles. The molecule has 0 aromatic heterocycles. The second kappa shape index (κ2) is 9.08. The lowest BCUT2D eigenvalue weighted by atomic mass is 9.87. The molecule has 8 heteroatoms. The Morgan fingerprint density at radius 1 is 1.17 bits per heavy atom. The van der Waals surface area contributed by atoms with Gasteiger partial charge in [0.05, 0.1) is 17.2 Å². The Labute approximate surface area is 171 Å². The van der Waals surface area contributed by atoms with Crippen molar-refractivity contribution in [2.45, 2.75) is 62.3 Å². The summed E-state index contributed by atoms with van der Waals surface area (Å²) in [5, 5.41) is 2.99. The molecule has 1 aromatic rings. The third-order valence-corrected chi connectivity index (χ3v) is 7.85. The molecule has 0 radical (unpaired) electrons. The van der Waals surface area contributed by atoms with Gasteiger partial charge < -0.3 is 5.32 Å². The van der Waals surface area contributed by atoms with Gasteiger partial charge in [0.15, 0.2) is 9.84 Å². The van der Waals surface area contributed by atoms with E-state index in [2.05, 4.69) is 5.32 Å². The number of nitrogens with zero attached hydrogens (tertiary/aromatic N) is 1. The minimum atomic E-state index is -3.31. The largest absolute Gasteiger partial charge is 0.352 e. The second-order valence-corrected chi connectivity index (χ2v) is 10.5. The van der Waals surface area contributed by atoms with Gasteiger partial charge in [0.2, 0.25) is 5.91 Å². The van der Waals surface area contributed by atoms with Gasteiger partial charge in [-0.15, -0.1) is 0 Å². The van der Waals surface area contributed by atoms with Crippen LogP contribution in [-0.2, 0) is 14.6 Å². The van der Waals surface area contributed by atoms with Crippen molar-refractivity contribution in [3.63, 3.8) is 0 Å². The van der Waals surface area contributed by atoms with Gasteiger partial charge in [-0.25, -0.2) is 17.2 Å². The fourth-order valence-electron chi connectivity index (χ4n) is 4.20. The molecule has 2 fully saturated rings. The highest BCUT2D eigenvalue weighted by Gasteiger charge is 2.34. The number of alkyl halides is 2. The van der Waals surface area contributed by atoms with Gasteiger partial charge in [-0.1, -0.05) is 12.1 Å². The van der Waals surface area contributed by atoms with E-state index in [4.69, 9.17) is 0 Å². The number of halogens is 2. The van der Waals surface area contributed by atoms with Crippen LogP contribution in [0.15, 0.2) is 29.2 Å². The Morgan fingerprint density at radius 2 is 1.83 bits per heavy atom. The van der Waals surface area contributed by atoms with Gasteiger partial charge >= 0.3 is 0 Å². The van der Waals surface area contributed by atoms with Crippen LogP contribution in [-0.4, -0.2) is 56.6 Å². The smallest absolute Gasteiger partial charge is 0.250 e. The highest BCUT2D eigenvalue weighted by atomic mass is 32.2. The Kier molecular flexibility index (Phi) is 6.94. The lowest BCUT2D eigenvalue weighted by Crippen LogP contribution is -2.47. The number of hydrogen-bond acceptors (Lipinski definition) is 4. The predicted molar refractivity (Wildman–Crippen MR) is 108 cm³/mol. The van der Waals surface area contributed by atoms with E-state index in [0.717, 1.165) is 31.2 Å². The van der Waals surface area contributed by atoms with E-state index in [-0.39, 0.29) is 56.1 Å². The van der Waals surface area contributed by atoms with Crippen molar-refractivity contribution in [2.75, 3.05) is 25.4 Å². The maximum Gasteiger partial charge on any atom is 0.250 e. The Bertz CT molecular complexity index is 811. The SMILES string of the molecule is Cc1cccc(S(=O)(=O)C[C@H]2CC[C@H](NC(=O)CN3CCC(F)(F)CC3)CC2)c1. The first-order chi connectivity index (χ1) is 13.6. The standard InChI is InChI=1S/C21H30F2N2O3S/c1-16-3-2-4-19(13-16)29(27,28)15-17-5-7-18(8-6-17)24-20(26)14-25-11-9-21(22,23)10-12-25/h2-4,13,17-18H,5-12,14-15H2,1H3,(H,24,26)/t17-,18-. The summed E-state index contributed by atoms with van der Waals surface area (Å²) in [6.45, 7) is 2.51. The maximum atomic E-state index is 13.2. The molecule has 5 nitrogen and oxygen atoms in total. The van der Waals surface area contributed by atoms with Crippen LogP contribution in [0.25, 0.3) is 0 Å². The van der Waals surface area contributed by atoms with Crippen LogP contribution in [0.3, 0.4) is 0 Å². The first kappa shape index (κ1) is 22.2. The number of amides is 1. The normalized spacial score (nSPS) is 25.5. The first-order valence-electron chi connectivity index (χ1n) is 10.3. The molecule has 2 aliphatic rings. The fourth-order valence-corrected chi connectivity index (χ4v) is 6.00. The number of carbonyl (C=O) groups is 1. The van der Waals surface area contributed by atoms with E-state index in [1.165, 1.54) is 0 Å². The number of piperidine rings is 1. The number of carbonyl (C=O) groups excluding carboxylic acids is 1. The molecule has 0 unspecified atom stereocenters. The summed E-state index contributed by atoms with van der Waals surface area (Å²) in [6, 6.07) is 7.02. The molecule has 3 rings (SSSR count).